The number of imidazole rings is 1. The molecule has 154 valence electrons. The maximum absolute atomic E-state index is 4.47. The Bertz CT molecular complexity index is 1200. The molecule has 1 aromatic carbocycles. The van der Waals surface area contributed by atoms with Crippen LogP contribution in [0.5, 0.6) is 0 Å². The van der Waals surface area contributed by atoms with Gasteiger partial charge >= 0.3 is 0 Å². The Balaban J connectivity index is 1.26. The van der Waals surface area contributed by atoms with Crippen LogP contribution in [0, 0.1) is 18.8 Å². The highest BCUT2D eigenvalue weighted by Gasteiger charge is 2.30. The van der Waals surface area contributed by atoms with Crippen LogP contribution in [0.3, 0.4) is 0 Å². The van der Waals surface area contributed by atoms with Crippen LogP contribution in [0.25, 0.3) is 33.3 Å². The molecule has 0 radical (unpaired) electrons. The SMILES string of the molecule is Cc1nc2nccc(-c3cc4cc(CN5CC[C@@H]6CCCCC6C5)ccc4[nH]3)c2[nH]1. The third kappa shape index (κ3) is 3.21. The summed E-state index contributed by atoms with van der Waals surface area (Å²) in [7, 11) is 0. The zero-order chi connectivity index (χ0) is 20.1. The molecule has 30 heavy (non-hydrogen) atoms. The fourth-order valence-corrected chi connectivity index (χ4v) is 5.75. The van der Waals surface area contributed by atoms with Crippen molar-refractivity contribution in [3.05, 3.63) is 47.9 Å². The van der Waals surface area contributed by atoms with Crippen molar-refractivity contribution < 1.29 is 0 Å². The van der Waals surface area contributed by atoms with Gasteiger partial charge in [-0.05, 0) is 68.0 Å². The van der Waals surface area contributed by atoms with Crippen molar-refractivity contribution in [3.8, 4) is 11.3 Å². The van der Waals surface area contributed by atoms with E-state index in [4.69, 9.17) is 0 Å². The number of benzene rings is 1. The van der Waals surface area contributed by atoms with Gasteiger partial charge in [-0.25, -0.2) is 9.97 Å². The lowest BCUT2D eigenvalue weighted by Gasteiger charge is -2.41. The molecule has 5 heteroatoms. The van der Waals surface area contributed by atoms with Gasteiger partial charge in [0.15, 0.2) is 5.65 Å². The van der Waals surface area contributed by atoms with Crippen LogP contribution in [-0.4, -0.2) is 37.9 Å². The minimum Gasteiger partial charge on any atom is -0.354 e. The molecule has 4 heterocycles. The van der Waals surface area contributed by atoms with Crippen molar-refractivity contribution >= 4 is 22.1 Å². The Morgan fingerprint density at radius 1 is 1.03 bits per heavy atom. The molecule has 6 rings (SSSR count). The topological polar surface area (TPSA) is 60.6 Å². The van der Waals surface area contributed by atoms with Gasteiger partial charge in [0.1, 0.15) is 5.82 Å². The van der Waals surface area contributed by atoms with Gasteiger partial charge in [-0.2, -0.15) is 0 Å². The van der Waals surface area contributed by atoms with Crippen LogP contribution in [0.15, 0.2) is 36.5 Å². The van der Waals surface area contributed by atoms with Crippen LogP contribution in [0.1, 0.15) is 43.5 Å². The van der Waals surface area contributed by atoms with Crippen molar-refractivity contribution in [2.24, 2.45) is 11.8 Å². The number of rotatable bonds is 3. The van der Waals surface area contributed by atoms with Crippen LogP contribution in [0.4, 0.5) is 0 Å². The molecule has 0 bridgehead atoms. The molecule has 4 aromatic rings. The predicted octanol–water partition coefficient (Wildman–Crippen LogP) is 5.43. The van der Waals surface area contributed by atoms with E-state index in [1.807, 2.05) is 13.1 Å². The van der Waals surface area contributed by atoms with Gasteiger partial charge in [0.05, 0.1) is 5.52 Å². The Hall–Kier alpha value is -2.66. The number of likely N-dealkylation sites (tertiary alicyclic amines) is 1. The monoisotopic (exact) mass is 399 g/mol. The summed E-state index contributed by atoms with van der Waals surface area (Å²) >= 11 is 0. The maximum Gasteiger partial charge on any atom is 0.178 e. The van der Waals surface area contributed by atoms with Gasteiger partial charge < -0.3 is 9.97 Å². The number of aromatic amines is 2. The molecule has 2 N–H and O–H groups in total. The number of hydrogen-bond acceptors (Lipinski definition) is 3. The first-order chi connectivity index (χ1) is 14.7. The molecule has 1 aliphatic carbocycles. The number of piperidine rings is 1. The fourth-order valence-electron chi connectivity index (χ4n) is 5.75. The van der Waals surface area contributed by atoms with Crippen molar-refractivity contribution in [1.82, 2.24) is 24.8 Å². The molecule has 1 unspecified atom stereocenters. The maximum atomic E-state index is 4.47. The van der Waals surface area contributed by atoms with Gasteiger partial charge in [0, 0.05) is 41.4 Å². The Morgan fingerprint density at radius 3 is 2.87 bits per heavy atom. The van der Waals surface area contributed by atoms with Crippen LogP contribution >= 0.6 is 0 Å². The minimum absolute atomic E-state index is 0.774. The average molecular weight is 400 g/mol. The molecule has 0 amide bonds. The Morgan fingerprint density at radius 2 is 1.93 bits per heavy atom. The standard InChI is InChI=1S/C25H29N5/c1-16-27-24-21(8-10-26-25(24)28-16)23-13-20-12-17(6-7-22(20)29-23)14-30-11-9-18-4-2-3-5-19(18)15-30/h6-8,10,12-13,18-19,29H,2-5,9,11,14-15H2,1H3,(H,26,27,28)/t18-,19?/m0/s1. The van der Waals surface area contributed by atoms with Gasteiger partial charge in [0.25, 0.3) is 0 Å². The summed E-state index contributed by atoms with van der Waals surface area (Å²) in [6, 6.07) is 11.2. The van der Waals surface area contributed by atoms with Crippen molar-refractivity contribution in [1.29, 1.82) is 0 Å². The normalized spacial score (nSPS) is 22.6. The lowest BCUT2D eigenvalue weighted by molar-refractivity contribution is 0.0821. The number of hydrogen-bond donors (Lipinski definition) is 2. The van der Waals surface area contributed by atoms with E-state index in [0.29, 0.717) is 0 Å². The highest BCUT2D eigenvalue weighted by atomic mass is 15.1. The lowest BCUT2D eigenvalue weighted by Crippen LogP contribution is -2.41. The summed E-state index contributed by atoms with van der Waals surface area (Å²) in [6.45, 7) is 5.58. The molecule has 1 saturated carbocycles. The average Bonchev–Trinajstić information content (AvgIpc) is 3.35. The summed E-state index contributed by atoms with van der Waals surface area (Å²) in [4.78, 5) is 18.5. The Kier molecular flexibility index (Phi) is 4.38. The largest absolute Gasteiger partial charge is 0.354 e. The highest BCUT2D eigenvalue weighted by molar-refractivity contribution is 5.94. The smallest absolute Gasteiger partial charge is 0.178 e. The van der Waals surface area contributed by atoms with Gasteiger partial charge in [-0.15, -0.1) is 0 Å². The van der Waals surface area contributed by atoms with Crippen molar-refractivity contribution in [3.63, 3.8) is 0 Å². The van der Waals surface area contributed by atoms with E-state index >= 15 is 0 Å². The van der Waals surface area contributed by atoms with Crippen molar-refractivity contribution in [2.45, 2.75) is 45.6 Å². The Labute approximate surface area is 176 Å². The van der Waals surface area contributed by atoms with E-state index in [-0.39, 0.29) is 0 Å². The molecule has 2 aliphatic rings. The summed E-state index contributed by atoms with van der Waals surface area (Å²) in [5.41, 5.74) is 6.60. The molecule has 1 aliphatic heterocycles. The molecular weight excluding hydrogens is 370 g/mol. The highest BCUT2D eigenvalue weighted by Crippen LogP contribution is 2.36. The van der Waals surface area contributed by atoms with Gasteiger partial charge in [-0.3, -0.25) is 4.90 Å². The second-order valence-electron chi connectivity index (χ2n) is 9.31. The first-order valence-electron chi connectivity index (χ1n) is 11.4. The van der Waals surface area contributed by atoms with Crippen LogP contribution < -0.4 is 0 Å². The molecule has 2 atom stereocenters. The summed E-state index contributed by atoms with van der Waals surface area (Å²) in [6.07, 6.45) is 9.02. The molecular formula is C25H29N5. The molecule has 1 saturated heterocycles. The number of H-pyrrole nitrogens is 2. The van der Waals surface area contributed by atoms with Crippen molar-refractivity contribution in [2.75, 3.05) is 13.1 Å². The molecule has 3 aromatic heterocycles. The number of aromatic nitrogens is 4. The zero-order valence-electron chi connectivity index (χ0n) is 17.6. The number of aryl methyl sites for hydroxylation is 1. The van der Waals surface area contributed by atoms with Crippen LogP contribution in [-0.2, 0) is 6.54 Å². The molecule has 0 spiro atoms. The number of nitrogens with zero attached hydrogens (tertiary/aromatic N) is 3. The quantitative estimate of drug-likeness (QED) is 0.483. The van der Waals surface area contributed by atoms with E-state index in [2.05, 4.69) is 55.2 Å². The van der Waals surface area contributed by atoms with E-state index in [1.165, 1.54) is 61.7 Å². The summed E-state index contributed by atoms with van der Waals surface area (Å²) in [5, 5.41) is 1.27. The molecule has 2 fully saturated rings. The molecule has 5 nitrogen and oxygen atoms in total. The predicted molar refractivity (Wildman–Crippen MR) is 121 cm³/mol. The van der Waals surface area contributed by atoms with E-state index in [1.54, 1.807) is 0 Å². The number of fused-ring (bicyclic) bond motifs is 3. The van der Waals surface area contributed by atoms with E-state index < -0.39 is 0 Å². The fraction of sp³-hybridized carbons (Fsp3) is 0.440. The second kappa shape index (κ2) is 7.24. The minimum atomic E-state index is 0.774. The number of nitrogens with one attached hydrogen (secondary N) is 2. The zero-order valence-corrected chi connectivity index (χ0v) is 17.6. The van der Waals surface area contributed by atoms with Gasteiger partial charge in [0.2, 0.25) is 0 Å². The van der Waals surface area contributed by atoms with Gasteiger partial charge in [-0.1, -0.05) is 25.3 Å². The van der Waals surface area contributed by atoms with E-state index in [0.717, 1.165) is 46.6 Å². The second-order valence-corrected chi connectivity index (χ2v) is 9.31. The van der Waals surface area contributed by atoms with Crippen LogP contribution in [0.2, 0.25) is 0 Å². The third-order valence-electron chi connectivity index (χ3n) is 7.27. The first-order valence-corrected chi connectivity index (χ1v) is 11.4. The lowest BCUT2D eigenvalue weighted by atomic mass is 9.75. The first kappa shape index (κ1) is 18.1. The van der Waals surface area contributed by atoms with E-state index in [9.17, 15) is 0 Å². The third-order valence-corrected chi connectivity index (χ3v) is 7.27. The summed E-state index contributed by atoms with van der Waals surface area (Å²) < 4.78 is 0. The number of pyridine rings is 1. The summed E-state index contributed by atoms with van der Waals surface area (Å²) in [5.74, 6) is 2.82.